The van der Waals surface area contributed by atoms with Crippen molar-refractivity contribution < 1.29 is 4.79 Å². The third-order valence-electron chi connectivity index (χ3n) is 1.87. The van der Waals surface area contributed by atoms with E-state index in [1.807, 2.05) is 0 Å². The van der Waals surface area contributed by atoms with Crippen molar-refractivity contribution in [1.29, 1.82) is 0 Å². The van der Waals surface area contributed by atoms with Gasteiger partial charge in [-0.3, -0.25) is 4.79 Å². The molecule has 80 valence electrons. The molecule has 0 atom stereocenters. The molecule has 1 aromatic carbocycles. The molecule has 2 nitrogen and oxygen atoms in total. The van der Waals surface area contributed by atoms with Crippen LogP contribution < -0.4 is 4.90 Å². The normalized spacial score (nSPS) is 9.73. The highest BCUT2D eigenvalue weighted by atomic mass is 35.5. The Kier molecular flexibility index (Phi) is 4.66. The fraction of sp³-hybridized carbons (Fsp3) is 0.182. The fourth-order valence-corrected chi connectivity index (χ4v) is 1.44. The van der Waals surface area contributed by atoms with Crippen molar-refractivity contribution in [3.63, 3.8) is 0 Å². The van der Waals surface area contributed by atoms with E-state index >= 15 is 0 Å². The van der Waals surface area contributed by atoms with Crippen LogP contribution >= 0.6 is 23.2 Å². The molecule has 0 aliphatic carbocycles. The molecule has 0 heterocycles. The first-order valence-electron chi connectivity index (χ1n) is 4.42. The Morgan fingerprint density at radius 2 is 2.00 bits per heavy atom. The first kappa shape index (κ1) is 12.1. The van der Waals surface area contributed by atoms with E-state index < -0.39 is 0 Å². The molecule has 1 amide bonds. The zero-order valence-electron chi connectivity index (χ0n) is 8.12. The van der Waals surface area contributed by atoms with Gasteiger partial charge in [-0.1, -0.05) is 17.7 Å². The lowest BCUT2D eigenvalue weighted by molar-refractivity contribution is -0.116. The van der Waals surface area contributed by atoms with Gasteiger partial charge >= 0.3 is 0 Å². The summed E-state index contributed by atoms with van der Waals surface area (Å²) in [7, 11) is 0. The highest BCUT2D eigenvalue weighted by molar-refractivity contribution is 6.31. The van der Waals surface area contributed by atoms with Crippen LogP contribution in [0.4, 0.5) is 5.69 Å². The lowest BCUT2D eigenvalue weighted by Gasteiger charge is -2.20. The zero-order valence-corrected chi connectivity index (χ0v) is 9.63. The molecule has 0 bridgehead atoms. The summed E-state index contributed by atoms with van der Waals surface area (Å²) in [5.74, 6) is -0.199. The summed E-state index contributed by atoms with van der Waals surface area (Å²) in [6.07, 6.45) is 1.65. The Morgan fingerprint density at radius 3 is 2.47 bits per heavy atom. The summed E-state index contributed by atoms with van der Waals surface area (Å²) < 4.78 is 0. The van der Waals surface area contributed by atoms with Gasteiger partial charge in [0.25, 0.3) is 0 Å². The summed E-state index contributed by atoms with van der Waals surface area (Å²) in [4.78, 5) is 13.1. The monoisotopic (exact) mass is 243 g/mol. The lowest BCUT2D eigenvalue weighted by Crippen LogP contribution is -2.31. The summed E-state index contributed by atoms with van der Waals surface area (Å²) in [5.41, 5.74) is 0.768. The third kappa shape index (κ3) is 3.26. The van der Waals surface area contributed by atoms with Crippen LogP contribution in [0.15, 0.2) is 36.9 Å². The van der Waals surface area contributed by atoms with Gasteiger partial charge in [0, 0.05) is 17.3 Å². The molecule has 0 unspecified atom stereocenters. The van der Waals surface area contributed by atoms with Crippen LogP contribution in [-0.2, 0) is 4.79 Å². The van der Waals surface area contributed by atoms with E-state index in [4.69, 9.17) is 23.2 Å². The fourth-order valence-electron chi connectivity index (χ4n) is 1.17. The largest absolute Gasteiger partial charge is 0.308 e. The molecule has 0 aliphatic heterocycles. The van der Waals surface area contributed by atoms with Gasteiger partial charge in [-0.05, 0) is 24.3 Å². The molecule has 0 N–H and O–H groups in total. The number of anilines is 1. The van der Waals surface area contributed by atoms with Crippen LogP contribution in [0.2, 0.25) is 5.02 Å². The number of carbonyl (C=O) groups excluding carboxylic acids is 1. The van der Waals surface area contributed by atoms with Gasteiger partial charge in [0.15, 0.2) is 0 Å². The predicted molar refractivity (Wildman–Crippen MR) is 64.7 cm³/mol. The number of rotatable bonds is 4. The number of amides is 1. The maximum absolute atomic E-state index is 11.5. The van der Waals surface area contributed by atoms with E-state index in [0.29, 0.717) is 11.6 Å². The molecule has 0 saturated carbocycles. The zero-order chi connectivity index (χ0) is 11.3. The van der Waals surface area contributed by atoms with Crippen LogP contribution in [0.1, 0.15) is 0 Å². The quantitative estimate of drug-likeness (QED) is 0.588. The van der Waals surface area contributed by atoms with Crippen molar-refractivity contribution in [2.45, 2.75) is 0 Å². The second kappa shape index (κ2) is 5.79. The van der Waals surface area contributed by atoms with Crippen LogP contribution in [0.25, 0.3) is 0 Å². The summed E-state index contributed by atoms with van der Waals surface area (Å²) in [6, 6.07) is 7.01. The van der Waals surface area contributed by atoms with Gasteiger partial charge in [-0.25, -0.2) is 0 Å². The average Bonchev–Trinajstić information content (AvgIpc) is 2.26. The summed E-state index contributed by atoms with van der Waals surface area (Å²) in [5, 5.41) is 0.635. The molecule has 0 aromatic heterocycles. The highest BCUT2D eigenvalue weighted by Crippen LogP contribution is 2.18. The van der Waals surface area contributed by atoms with Crippen LogP contribution in [-0.4, -0.2) is 18.3 Å². The molecule has 0 aliphatic rings. The smallest absolute Gasteiger partial charge is 0.242 e. The topological polar surface area (TPSA) is 20.3 Å². The Labute approximate surface area is 99.1 Å². The van der Waals surface area contributed by atoms with E-state index in [9.17, 15) is 4.79 Å². The molecule has 0 fully saturated rings. The minimum absolute atomic E-state index is 0.0452. The van der Waals surface area contributed by atoms with E-state index in [1.165, 1.54) is 0 Å². The first-order chi connectivity index (χ1) is 7.19. The molecule has 0 saturated heterocycles. The average molecular weight is 244 g/mol. The minimum atomic E-state index is -0.154. The molecular formula is C11H11Cl2NO. The van der Waals surface area contributed by atoms with Gasteiger partial charge in [0.1, 0.15) is 5.88 Å². The Bertz CT molecular complexity index is 348. The van der Waals surface area contributed by atoms with E-state index in [2.05, 4.69) is 6.58 Å². The Balaban J connectivity index is 2.93. The van der Waals surface area contributed by atoms with Crippen LogP contribution in [0.3, 0.4) is 0 Å². The second-order valence-corrected chi connectivity index (χ2v) is 3.61. The van der Waals surface area contributed by atoms with Crippen molar-refractivity contribution in [2.75, 3.05) is 17.3 Å². The van der Waals surface area contributed by atoms with Crippen molar-refractivity contribution >= 4 is 34.8 Å². The second-order valence-electron chi connectivity index (χ2n) is 2.90. The van der Waals surface area contributed by atoms with E-state index in [0.717, 1.165) is 5.69 Å². The van der Waals surface area contributed by atoms with Gasteiger partial charge in [0.2, 0.25) is 5.91 Å². The van der Waals surface area contributed by atoms with Gasteiger partial charge in [-0.2, -0.15) is 0 Å². The molecule has 1 rings (SSSR count). The van der Waals surface area contributed by atoms with Crippen LogP contribution in [0, 0.1) is 0 Å². The van der Waals surface area contributed by atoms with Crippen LogP contribution in [0.5, 0.6) is 0 Å². The first-order valence-corrected chi connectivity index (χ1v) is 5.33. The third-order valence-corrected chi connectivity index (χ3v) is 2.35. The molecular weight excluding hydrogens is 233 g/mol. The molecule has 15 heavy (non-hydrogen) atoms. The summed E-state index contributed by atoms with van der Waals surface area (Å²) in [6.45, 7) is 4.03. The number of carbonyl (C=O) groups is 1. The number of alkyl halides is 1. The SMILES string of the molecule is C=CCN(C(=O)CCl)c1ccc(Cl)cc1. The predicted octanol–water partition coefficient (Wildman–Crippen LogP) is 3.10. The van der Waals surface area contributed by atoms with Gasteiger partial charge < -0.3 is 4.90 Å². The van der Waals surface area contributed by atoms with Crippen molar-refractivity contribution in [3.8, 4) is 0 Å². The Morgan fingerprint density at radius 1 is 1.40 bits per heavy atom. The number of hydrogen-bond donors (Lipinski definition) is 0. The maximum Gasteiger partial charge on any atom is 0.242 e. The number of hydrogen-bond acceptors (Lipinski definition) is 1. The summed E-state index contributed by atoms with van der Waals surface area (Å²) >= 11 is 11.3. The van der Waals surface area contributed by atoms with E-state index in [1.54, 1.807) is 35.2 Å². The van der Waals surface area contributed by atoms with Gasteiger partial charge in [0.05, 0.1) is 0 Å². The molecule has 1 aromatic rings. The highest BCUT2D eigenvalue weighted by Gasteiger charge is 2.12. The lowest BCUT2D eigenvalue weighted by atomic mass is 10.3. The van der Waals surface area contributed by atoms with Gasteiger partial charge in [-0.15, -0.1) is 18.2 Å². The number of nitrogens with zero attached hydrogens (tertiary/aromatic N) is 1. The maximum atomic E-state index is 11.5. The Hall–Kier alpha value is -0.990. The minimum Gasteiger partial charge on any atom is -0.308 e. The standard InChI is InChI=1S/C11H11Cl2NO/c1-2-7-14(11(15)8-12)10-5-3-9(13)4-6-10/h2-6H,1,7-8H2. The molecule has 0 spiro atoms. The van der Waals surface area contributed by atoms with Crippen molar-refractivity contribution in [2.24, 2.45) is 0 Å². The van der Waals surface area contributed by atoms with Crippen molar-refractivity contribution in [3.05, 3.63) is 41.9 Å². The number of halogens is 2. The molecule has 0 radical (unpaired) electrons. The van der Waals surface area contributed by atoms with Crippen molar-refractivity contribution in [1.82, 2.24) is 0 Å². The number of benzene rings is 1. The van der Waals surface area contributed by atoms with E-state index in [-0.39, 0.29) is 11.8 Å². The molecule has 4 heteroatoms.